The molecule has 1 aliphatic carbocycles. The molecule has 0 spiro atoms. The predicted molar refractivity (Wildman–Crippen MR) is 109 cm³/mol. The highest BCUT2D eigenvalue weighted by Crippen LogP contribution is 2.40. The molecule has 27 heavy (non-hydrogen) atoms. The second-order valence-corrected chi connectivity index (χ2v) is 6.93. The summed E-state index contributed by atoms with van der Waals surface area (Å²) in [6.45, 7) is 2.93. The zero-order chi connectivity index (χ0) is 19.1. The van der Waals surface area contributed by atoms with Crippen molar-refractivity contribution in [2.45, 2.75) is 38.0 Å². The maximum absolute atomic E-state index is 11.2. The van der Waals surface area contributed by atoms with Crippen LogP contribution in [0.4, 0.5) is 0 Å². The van der Waals surface area contributed by atoms with Crippen LogP contribution in [0.2, 0.25) is 0 Å². The number of carboxylic acid groups (broad SMARTS) is 1. The molecular weight excluding hydrogens is 336 g/mol. The van der Waals surface area contributed by atoms with Crippen molar-refractivity contribution in [3.63, 3.8) is 0 Å². The van der Waals surface area contributed by atoms with E-state index >= 15 is 0 Å². The fourth-order valence-corrected chi connectivity index (χ4v) is 3.52. The van der Waals surface area contributed by atoms with Crippen LogP contribution in [0.15, 0.2) is 72.8 Å². The summed E-state index contributed by atoms with van der Waals surface area (Å²) < 4.78 is 5.83. The SMILES string of the molecule is CCCCCOc1ccc(C2(c3ccc(C(=O)O)cc3)C=CC=CC2)cc1. The van der Waals surface area contributed by atoms with Gasteiger partial charge in [-0.05, 0) is 48.2 Å². The average molecular weight is 362 g/mol. The smallest absolute Gasteiger partial charge is 0.335 e. The Hall–Kier alpha value is -2.81. The van der Waals surface area contributed by atoms with Crippen LogP contribution in [0.5, 0.6) is 5.75 Å². The van der Waals surface area contributed by atoms with Crippen molar-refractivity contribution in [3.8, 4) is 5.75 Å². The van der Waals surface area contributed by atoms with Crippen LogP contribution >= 0.6 is 0 Å². The Balaban J connectivity index is 1.85. The van der Waals surface area contributed by atoms with E-state index in [-0.39, 0.29) is 5.41 Å². The first-order chi connectivity index (χ1) is 13.2. The van der Waals surface area contributed by atoms with Crippen molar-refractivity contribution in [1.82, 2.24) is 0 Å². The Kier molecular flexibility index (Phi) is 6.12. The summed E-state index contributed by atoms with van der Waals surface area (Å²) in [4.78, 5) is 11.2. The number of rotatable bonds is 8. The first-order valence-corrected chi connectivity index (χ1v) is 9.57. The topological polar surface area (TPSA) is 46.5 Å². The number of ether oxygens (including phenoxy) is 1. The zero-order valence-corrected chi connectivity index (χ0v) is 15.7. The molecule has 1 aliphatic rings. The van der Waals surface area contributed by atoms with Gasteiger partial charge in [-0.1, -0.05) is 68.3 Å². The van der Waals surface area contributed by atoms with Gasteiger partial charge in [-0.3, -0.25) is 0 Å². The minimum absolute atomic E-state index is 0.285. The molecule has 0 aliphatic heterocycles. The van der Waals surface area contributed by atoms with Gasteiger partial charge in [-0.25, -0.2) is 4.79 Å². The number of benzene rings is 2. The molecule has 0 amide bonds. The van der Waals surface area contributed by atoms with Crippen LogP contribution < -0.4 is 4.74 Å². The monoisotopic (exact) mass is 362 g/mol. The number of unbranched alkanes of at least 4 members (excludes halogenated alkanes) is 2. The Morgan fingerprint density at radius 1 is 1.00 bits per heavy atom. The molecule has 0 heterocycles. The normalized spacial score (nSPS) is 18.4. The van der Waals surface area contributed by atoms with Gasteiger partial charge in [0.2, 0.25) is 0 Å². The Morgan fingerprint density at radius 3 is 2.22 bits per heavy atom. The summed E-state index contributed by atoms with van der Waals surface area (Å²) in [7, 11) is 0. The fraction of sp³-hybridized carbons (Fsp3) is 0.292. The van der Waals surface area contributed by atoms with E-state index in [0.717, 1.165) is 30.8 Å². The first-order valence-electron chi connectivity index (χ1n) is 9.57. The number of carboxylic acids is 1. The molecule has 0 fully saturated rings. The maximum Gasteiger partial charge on any atom is 0.335 e. The van der Waals surface area contributed by atoms with Gasteiger partial charge >= 0.3 is 5.97 Å². The fourth-order valence-electron chi connectivity index (χ4n) is 3.52. The average Bonchev–Trinajstić information content (AvgIpc) is 2.72. The molecule has 0 radical (unpaired) electrons. The molecule has 0 saturated carbocycles. The molecule has 3 nitrogen and oxygen atoms in total. The third-order valence-electron chi connectivity index (χ3n) is 5.10. The highest BCUT2D eigenvalue weighted by atomic mass is 16.5. The van der Waals surface area contributed by atoms with Gasteiger partial charge in [0.1, 0.15) is 5.75 Å². The van der Waals surface area contributed by atoms with E-state index in [1.165, 1.54) is 18.4 Å². The van der Waals surface area contributed by atoms with Crippen LogP contribution in [0.3, 0.4) is 0 Å². The Morgan fingerprint density at radius 2 is 1.67 bits per heavy atom. The maximum atomic E-state index is 11.2. The van der Waals surface area contributed by atoms with Gasteiger partial charge < -0.3 is 9.84 Å². The number of allylic oxidation sites excluding steroid dienone is 4. The van der Waals surface area contributed by atoms with Crippen molar-refractivity contribution in [1.29, 1.82) is 0 Å². The lowest BCUT2D eigenvalue weighted by Crippen LogP contribution is -2.26. The van der Waals surface area contributed by atoms with Crippen LogP contribution in [-0.2, 0) is 5.41 Å². The molecule has 1 atom stereocenters. The van der Waals surface area contributed by atoms with Crippen molar-refractivity contribution in [2.75, 3.05) is 6.61 Å². The lowest BCUT2D eigenvalue weighted by atomic mass is 9.70. The number of hydrogen-bond acceptors (Lipinski definition) is 2. The van der Waals surface area contributed by atoms with Gasteiger partial charge in [-0.2, -0.15) is 0 Å². The number of carbonyl (C=O) groups is 1. The molecule has 1 unspecified atom stereocenters. The molecule has 0 aromatic heterocycles. The third-order valence-corrected chi connectivity index (χ3v) is 5.10. The minimum Gasteiger partial charge on any atom is -0.494 e. The molecule has 2 aromatic rings. The van der Waals surface area contributed by atoms with E-state index in [1.54, 1.807) is 12.1 Å². The largest absolute Gasteiger partial charge is 0.494 e. The third kappa shape index (κ3) is 4.30. The second kappa shape index (κ2) is 8.72. The Bertz CT molecular complexity index is 816. The van der Waals surface area contributed by atoms with Crippen LogP contribution in [0.25, 0.3) is 0 Å². The van der Waals surface area contributed by atoms with E-state index in [2.05, 4.69) is 43.4 Å². The minimum atomic E-state index is -0.903. The summed E-state index contributed by atoms with van der Waals surface area (Å²) in [5.41, 5.74) is 2.28. The summed E-state index contributed by atoms with van der Waals surface area (Å²) in [5.74, 6) is -0.0131. The molecule has 140 valence electrons. The molecule has 0 saturated heterocycles. The number of aromatic carboxylic acids is 1. The highest BCUT2D eigenvalue weighted by Gasteiger charge is 2.31. The van der Waals surface area contributed by atoms with Crippen molar-refractivity contribution < 1.29 is 14.6 Å². The molecule has 3 rings (SSSR count). The quantitative estimate of drug-likeness (QED) is 0.608. The summed E-state index contributed by atoms with van der Waals surface area (Å²) >= 11 is 0. The van der Waals surface area contributed by atoms with Gasteiger partial charge in [0.15, 0.2) is 0 Å². The van der Waals surface area contributed by atoms with Crippen LogP contribution in [0.1, 0.15) is 54.1 Å². The van der Waals surface area contributed by atoms with Gasteiger partial charge in [-0.15, -0.1) is 0 Å². The van der Waals surface area contributed by atoms with E-state index in [4.69, 9.17) is 9.84 Å². The Labute approximate surface area is 161 Å². The van der Waals surface area contributed by atoms with Crippen molar-refractivity contribution in [2.24, 2.45) is 0 Å². The molecular formula is C24H26O3. The van der Waals surface area contributed by atoms with Crippen molar-refractivity contribution in [3.05, 3.63) is 89.5 Å². The summed E-state index contributed by atoms with van der Waals surface area (Å²) in [5, 5.41) is 9.16. The van der Waals surface area contributed by atoms with E-state index in [9.17, 15) is 4.79 Å². The lowest BCUT2D eigenvalue weighted by Gasteiger charge is -2.33. The number of hydrogen-bond donors (Lipinski definition) is 1. The molecule has 3 heteroatoms. The van der Waals surface area contributed by atoms with Gasteiger partial charge in [0.05, 0.1) is 12.2 Å². The summed E-state index contributed by atoms with van der Waals surface area (Å²) in [6, 6.07) is 15.5. The summed E-state index contributed by atoms with van der Waals surface area (Å²) in [6.07, 6.45) is 12.7. The standard InChI is InChI=1S/C24H26O3/c1-2-3-7-18-27-22-14-12-21(13-15-22)24(16-5-4-6-17-24)20-10-8-19(9-11-20)23(25)26/h4-6,8-16H,2-3,7,17-18H2,1H3,(H,25,26). The molecule has 0 bridgehead atoms. The van der Waals surface area contributed by atoms with E-state index < -0.39 is 5.97 Å². The van der Waals surface area contributed by atoms with E-state index in [0.29, 0.717) is 5.56 Å². The van der Waals surface area contributed by atoms with Crippen LogP contribution in [0, 0.1) is 0 Å². The highest BCUT2D eigenvalue weighted by molar-refractivity contribution is 5.87. The van der Waals surface area contributed by atoms with Crippen LogP contribution in [-0.4, -0.2) is 17.7 Å². The first kappa shape index (κ1) is 19.0. The van der Waals surface area contributed by atoms with Crippen molar-refractivity contribution >= 4 is 5.97 Å². The zero-order valence-electron chi connectivity index (χ0n) is 15.7. The van der Waals surface area contributed by atoms with E-state index in [1.807, 2.05) is 24.3 Å². The lowest BCUT2D eigenvalue weighted by molar-refractivity contribution is 0.0697. The second-order valence-electron chi connectivity index (χ2n) is 6.93. The predicted octanol–water partition coefficient (Wildman–Crippen LogP) is 5.76. The van der Waals surface area contributed by atoms with Gasteiger partial charge in [0.25, 0.3) is 0 Å². The molecule has 2 aromatic carbocycles. The molecule has 1 N–H and O–H groups in total. The van der Waals surface area contributed by atoms with Gasteiger partial charge in [0, 0.05) is 5.41 Å².